The number of carbonyl (C=O) groups excluding carboxylic acids is 1. The summed E-state index contributed by atoms with van der Waals surface area (Å²) in [5, 5.41) is 9.46. The van der Waals surface area contributed by atoms with Crippen LogP contribution >= 0.6 is 23.2 Å². The molecule has 2 aromatic carbocycles. The second kappa shape index (κ2) is 8.06. The summed E-state index contributed by atoms with van der Waals surface area (Å²) in [6, 6.07) is 11.0. The monoisotopic (exact) mass is 428 g/mol. The molecule has 0 aliphatic carbocycles. The molecular formula is C18H18Cl2N2O4S. The topological polar surface area (TPSA) is 77.9 Å². The molecule has 0 radical (unpaired) electrons. The Morgan fingerprint density at radius 3 is 2.07 bits per heavy atom. The molecule has 144 valence electrons. The molecule has 0 aromatic heterocycles. The fraction of sp³-hybridized carbons (Fsp3) is 0.278. The number of nitrogens with zero attached hydrogens (tertiary/aromatic N) is 2. The van der Waals surface area contributed by atoms with Crippen LogP contribution in [0.25, 0.3) is 0 Å². The molecular weight excluding hydrogens is 411 g/mol. The summed E-state index contributed by atoms with van der Waals surface area (Å²) < 4.78 is 27.0. The molecule has 2 aromatic rings. The van der Waals surface area contributed by atoms with Gasteiger partial charge in [-0.05, 0) is 29.8 Å². The number of benzene rings is 2. The number of phenols is 1. The number of phenolic OH excluding ortho intramolecular Hbond substituents is 1. The molecule has 1 heterocycles. The van der Waals surface area contributed by atoms with Crippen molar-refractivity contribution in [2.45, 2.75) is 11.3 Å². The highest BCUT2D eigenvalue weighted by Crippen LogP contribution is 2.31. The zero-order valence-corrected chi connectivity index (χ0v) is 16.6. The average molecular weight is 429 g/mol. The van der Waals surface area contributed by atoms with Gasteiger partial charge in [0.25, 0.3) is 0 Å². The molecule has 1 N–H and O–H groups in total. The van der Waals surface area contributed by atoms with E-state index in [4.69, 9.17) is 23.2 Å². The first-order chi connectivity index (χ1) is 12.8. The predicted octanol–water partition coefficient (Wildman–Crippen LogP) is 2.77. The van der Waals surface area contributed by atoms with Crippen molar-refractivity contribution >= 4 is 39.1 Å². The number of amides is 1. The number of carbonyl (C=O) groups is 1. The van der Waals surface area contributed by atoms with E-state index in [2.05, 4.69) is 0 Å². The van der Waals surface area contributed by atoms with Crippen molar-refractivity contribution in [2.75, 3.05) is 26.2 Å². The van der Waals surface area contributed by atoms with Gasteiger partial charge in [0, 0.05) is 26.2 Å². The van der Waals surface area contributed by atoms with E-state index in [1.807, 2.05) is 0 Å². The second-order valence-corrected chi connectivity index (χ2v) is 8.87. The Balaban J connectivity index is 1.66. The van der Waals surface area contributed by atoms with Crippen LogP contribution in [-0.2, 0) is 21.2 Å². The Hall–Kier alpha value is -1.80. The van der Waals surface area contributed by atoms with E-state index in [1.54, 1.807) is 23.1 Å². The van der Waals surface area contributed by atoms with E-state index in [-0.39, 0.29) is 59.2 Å². The van der Waals surface area contributed by atoms with Crippen LogP contribution in [0.15, 0.2) is 47.4 Å². The third kappa shape index (κ3) is 4.38. The lowest BCUT2D eigenvalue weighted by molar-refractivity contribution is -0.131. The van der Waals surface area contributed by atoms with Crippen molar-refractivity contribution < 1.29 is 18.3 Å². The van der Waals surface area contributed by atoms with Crippen LogP contribution in [0.3, 0.4) is 0 Å². The van der Waals surface area contributed by atoms with E-state index >= 15 is 0 Å². The Labute approximate surface area is 168 Å². The van der Waals surface area contributed by atoms with Gasteiger partial charge in [0.1, 0.15) is 10.6 Å². The summed E-state index contributed by atoms with van der Waals surface area (Å²) in [5.74, 6) is 0.0526. The fourth-order valence-corrected chi connectivity index (χ4v) is 5.45. The molecule has 27 heavy (non-hydrogen) atoms. The smallest absolute Gasteiger partial charge is 0.246 e. The van der Waals surface area contributed by atoms with E-state index in [1.165, 1.54) is 28.6 Å². The summed E-state index contributed by atoms with van der Waals surface area (Å²) in [6.45, 7) is 0.923. The van der Waals surface area contributed by atoms with Crippen molar-refractivity contribution in [3.8, 4) is 5.75 Å². The largest absolute Gasteiger partial charge is 0.508 e. The molecule has 0 spiro atoms. The number of hydrogen-bond acceptors (Lipinski definition) is 4. The maximum Gasteiger partial charge on any atom is 0.246 e. The van der Waals surface area contributed by atoms with E-state index in [0.717, 1.165) is 5.56 Å². The minimum Gasteiger partial charge on any atom is -0.508 e. The van der Waals surface area contributed by atoms with Gasteiger partial charge in [0.2, 0.25) is 15.9 Å². The van der Waals surface area contributed by atoms with Crippen LogP contribution < -0.4 is 0 Å². The summed E-state index contributed by atoms with van der Waals surface area (Å²) >= 11 is 12.1. The van der Waals surface area contributed by atoms with Crippen LogP contribution in [0, 0.1) is 0 Å². The van der Waals surface area contributed by atoms with Crippen LogP contribution in [-0.4, -0.2) is 54.8 Å². The maximum atomic E-state index is 12.9. The molecule has 3 rings (SSSR count). The first-order valence-corrected chi connectivity index (χ1v) is 10.5. The summed E-state index contributed by atoms with van der Waals surface area (Å²) in [4.78, 5) is 14.0. The lowest BCUT2D eigenvalue weighted by Crippen LogP contribution is -2.50. The van der Waals surface area contributed by atoms with Gasteiger partial charge in [-0.3, -0.25) is 4.79 Å². The molecule has 0 atom stereocenters. The normalized spacial score (nSPS) is 15.7. The van der Waals surface area contributed by atoms with Crippen LogP contribution in [0.2, 0.25) is 10.0 Å². The number of aromatic hydroxyl groups is 1. The van der Waals surface area contributed by atoms with Crippen molar-refractivity contribution in [1.82, 2.24) is 9.21 Å². The van der Waals surface area contributed by atoms with Gasteiger partial charge >= 0.3 is 0 Å². The SMILES string of the molecule is O=C(Cc1ccc(O)cc1)N1CCN(S(=O)(=O)c2c(Cl)cccc2Cl)CC1. The Morgan fingerprint density at radius 1 is 0.963 bits per heavy atom. The minimum absolute atomic E-state index is 0.0772. The predicted molar refractivity (Wildman–Crippen MR) is 104 cm³/mol. The van der Waals surface area contributed by atoms with E-state index in [9.17, 15) is 18.3 Å². The summed E-state index contributed by atoms with van der Waals surface area (Å²) in [7, 11) is -3.83. The molecule has 9 heteroatoms. The molecule has 0 bridgehead atoms. The second-order valence-electron chi connectivity index (χ2n) is 6.18. The molecule has 6 nitrogen and oxygen atoms in total. The molecule has 1 saturated heterocycles. The first kappa shape index (κ1) is 19.9. The van der Waals surface area contributed by atoms with Crippen LogP contribution in [0.1, 0.15) is 5.56 Å². The van der Waals surface area contributed by atoms with Crippen molar-refractivity contribution in [3.63, 3.8) is 0 Å². The van der Waals surface area contributed by atoms with Gasteiger partial charge in [-0.25, -0.2) is 8.42 Å². The third-order valence-electron chi connectivity index (χ3n) is 4.40. The van der Waals surface area contributed by atoms with E-state index < -0.39 is 10.0 Å². The molecule has 1 amide bonds. The highest BCUT2D eigenvalue weighted by atomic mass is 35.5. The van der Waals surface area contributed by atoms with Crippen LogP contribution in [0.5, 0.6) is 5.75 Å². The number of halogens is 2. The van der Waals surface area contributed by atoms with Gasteiger partial charge in [-0.1, -0.05) is 41.4 Å². The van der Waals surface area contributed by atoms with Gasteiger partial charge in [-0.15, -0.1) is 0 Å². The van der Waals surface area contributed by atoms with Gasteiger partial charge in [0.15, 0.2) is 0 Å². The van der Waals surface area contributed by atoms with Crippen molar-refractivity contribution in [1.29, 1.82) is 0 Å². The zero-order chi connectivity index (χ0) is 19.6. The summed E-state index contributed by atoms with van der Waals surface area (Å²) in [5.41, 5.74) is 0.788. The van der Waals surface area contributed by atoms with Gasteiger partial charge < -0.3 is 10.0 Å². The summed E-state index contributed by atoms with van der Waals surface area (Å²) in [6.07, 6.45) is 0.198. The highest BCUT2D eigenvalue weighted by Gasteiger charge is 2.32. The molecule has 1 fully saturated rings. The number of sulfonamides is 1. The fourth-order valence-electron chi connectivity index (χ4n) is 2.94. The molecule has 1 aliphatic heterocycles. The van der Waals surface area contributed by atoms with Gasteiger partial charge in [-0.2, -0.15) is 4.31 Å². The number of piperazine rings is 1. The third-order valence-corrected chi connectivity index (χ3v) is 7.25. The lowest BCUT2D eigenvalue weighted by atomic mass is 10.1. The van der Waals surface area contributed by atoms with Crippen LogP contribution in [0.4, 0.5) is 0 Å². The molecule has 1 aliphatic rings. The quantitative estimate of drug-likeness (QED) is 0.811. The maximum absolute atomic E-state index is 12.9. The lowest BCUT2D eigenvalue weighted by Gasteiger charge is -2.34. The number of hydrogen-bond donors (Lipinski definition) is 1. The first-order valence-electron chi connectivity index (χ1n) is 8.29. The van der Waals surface area contributed by atoms with Crippen molar-refractivity contribution in [2.24, 2.45) is 0 Å². The van der Waals surface area contributed by atoms with E-state index in [0.29, 0.717) is 0 Å². The standard InChI is InChI=1S/C18H18Cl2N2O4S/c19-15-2-1-3-16(20)18(15)27(25,26)22-10-8-21(9-11-22)17(24)12-13-4-6-14(23)7-5-13/h1-7,23H,8-12H2. The highest BCUT2D eigenvalue weighted by molar-refractivity contribution is 7.89. The van der Waals surface area contributed by atoms with Gasteiger partial charge in [0.05, 0.1) is 16.5 Å². The average Bonchev–Trinajstić information content (AvgIpc) is 2.63. The minimum atomic E-state index is -3.83. The molecule has 0 saturated carbocycles. The zero-order valence-electron chi connectivity index (χ0n) is 14.3. The Bertz CT molecular complexity index is 920. The Kier molecular flexibility index (Phi) is 5.95. The molecule has 0 unspecified atom stereocenters. The van der Waals surface area contributed by atoms with Crippen molar-refractivity contribution in [3.05, 3.63) is 58.1 Å². The Morgan fingerprint density at radius 2 is 1.52 bits per heavy atom. The number of rotatable bonds is 4.